The van der Waals surface area contributed by atoms with Gasteiger partial charge in [0.2, 0.25) is 0 Å². The molecule has 1 saturated heterocycles. The monoisotopic (exact) mass is 496 g/mol. The van der Waals surface area contributed by atoms with Gasteiger partial charge < -0.3 is 25.0 Å². The van der Waals surface area contributed by atoms with E-state index in [9.17, 15) is 0 Å². The van der Waals surface area contributed by atoms with Gasteiger partial charge in [0.1, 0.15) is 0 Å². The molecule has 1 aliphatic rings. The summed E-state index contributed by atoms with van der Waals surface area (Å²) in [5, 5.41) is 10.5. The number of nitrogens with zero attached hydrogens (tertiary/aromatic N) is 2. The van der Waals surface area contributed by atoms with Crippen LogP contribution in [0.4, 0.5) is 5.00 Å². The summed E-state index contributed by atoms with van der Waals surface area (Å²) in [6.07, 6.45) is 3.21. The summed E-state index contributed by atoms with van der Waals surface area (Å²) in [5.74, 6) is 0.925. The standard InChI is InChI=1S/C18H32N4O2S.HI/c1-3-19-18(20-9-5-12-24-14-13-23-2)21-16-7-10-22(11-8-16)17-6-4-15-25-17;/h4,6,15-16H,3,5,7-14H2,1-2H3,(H2,19,20,21);1H. The van der Waals surface area contributed by atoms with Crippen molar-refractivity contribution < 1.29 is 9.47 Å². The molecule has 0 saturated carbocycles. The van der Waals surface area contributed by atoms with Crippen molar-refractivity contribution in [3.63, 3.8) is 0 Å². The third-order valence-electron chi connectivity index (χ3n) is 4.15. The van der Waals surface area contributed by atoms with Crippen molar-refractivity contribution in [3.8, 4) is 0 Å². The molecule has 2 heterocycles. The summed E-state index contributed by atoms with van der Waals surface area (Å²) < 4.78 is 10.4. The Balaban J connectivity index is 0.00000338. The number of thiophene rings is 1. The highest BCUT2D eigenvalue weighted by Gasteiger charge is 2.20. The quantitative estimate of drug-likeness (QED) is 0.226. The minimum Gasteiger partial charge on any atom is -0.382 e. The molecule has 0 amide bonds. The Morgan fingerprint density at radius 3 is 2.77 bits per heavy atom. The van der Waals surface area contributed by atoms with Gasteiger partial charge in [0.25, 0.3) is 0 Å². The van der Waals surface area contributed by atoms with E-state index in [1.165, 1.54) is 5.00 Å². The summed E-state index contributed by atoms with van der Waals surface area (Å²) in [6.45, 7) is 7.99. The number of guanidine groups is 1. The fraction of sp³-hybridized carbons (Fsp3) is 0.722. The van der Waals surface area contributed by atoms with E-state index < -0.39 is 0 Å². The van der Waals surface area contributed by atoms with E-state index in [0.29, 0.717) is 19.3 Å². The Labute approximate surface area is 178 Å². The van der Waals surface area contributed by atoms with Crippen molar-refractivity contribution in [2.75, 3.05) is 58.0 Å². The lowest BCUT2D eigenvalue weighted by molar-refractivity contribution is 0.0702. The predicted octanol–water partition coefficient (Wildman–Crippen LogP) is 2.94. The van der Waals surface area contributed by atoms with Gasteiger partial charge in [-0.05, 0) is 43.7 Å². The molecular weight excluding hydrogens is 463 g/mol. The molecule has 0 radical (unpaired) electrons. The molecule has 0 bridgehead atoms. The normalized spacial score (nSPS) is 15.6. The van der Waals surface area contributed by atoms with Crippen LogP contribution in [0, 0.1) is 0 Å². The van der Waals surface area contributed by atoms with Crippen LogP contribution in [0.3, 0.4) is 0 Å². The number of methoxy groups -OCH3 is 1. The highest BCUT2D eigenvalue weighted by Crippen LogP contribution is 2.24. The minimum absolute atomic E-state index is 0. The molecule has 8 heteroatoms. The average Bonchev–Trinajstić information content (AvgIpc) is 3.16. The maximum atomic E-state index is 5.47. The van der Waals surface area contributed by atoms with E-state index in [1.54, 1.807) is 7.11 Å². The zero-order valence-corrected chi connectivity index (χ0v) is 19.1. The number of nitrogens with one attached hydrogen (secondary N) is 2. The van der Waals surface area contributed by atoms with Crippen LogP contribution in [0.25, 0.3) is 0 Å². The molecule has 2 N–H and O–H groups in total. The van der Waals surface area contributed by atoms with Gasteiger partial charge in [-0.1, -0.05) is 0 Å². The first-order valence-corrected chi connectivity index (χ1v) is 10.1. The van der Waals surface area contributed by atoms with E-state index in [-0.39, 0.29) is 24.0 Å². The molecule has 0 unspecified atom stereocenters. The fourth-order valence-corrected chi connectivity index (χ4v) is 3.59. The molecule has 26 heavy (non-hydrogen) atoms. The van der Waals surface area contributed by atoms with Crippen LogP contribution >= 0.6 is 35.3 Å². The number of ether oxygens (including phenoxy) is 2. The second-order valence-corrected chi connectivity index (χ2v) is 7.00. The van der Waals surface area contributed by atoms with Gasteiger partial charge >= 0.3 is 0 Å². The van der Waals surface area contributed by atoms with Crippen molar-refractivity contribution in [2.24, 2.45) is 4.99 Å². The molecule has 0 atom stereocenters. The molecule has 0 spiro atoms. The number of halogens is 1. The number of piperidine rings is 1. The molecule has 1 aromatic heterocycles. The fourth-order valence-electron chi connectivity index (χ4n) is 2.81. The minimum atomic E-state index is 0. The van der Waals surface area contributed by atoms with E-state index in [4.69, 9.17) is 9.47 Å². The molecule has 1 aromatic rings. The van der Waals surface area contributed by atoms with Crippen molar-refractivity contribution >= 4 is 46.3 Å². The zero-order valence-electron chi connectivity index (χ0n) is 15.9. The number of hydrogen-bond donors (Lipinski definition) is 2. The van der Waals surface area contributed by atoms with Gasteiger partial charge in [0.15, 0.2) is 5.96 Å². The maximum Gasteiger partial charge on any atom is 0.191 e. The molecule has 0 aliphatic carbocycles. The maximum absolute atomic E-state index is 5.47. The third-order valence-corrected chi connectivity index (χ3v) is 5.08. The Bertz CT molecular complexity index is 480. The predicted molar refractivity (Wildman–Crippen MR) is 121 cm³/mol. The lowest BCUT2D eigenvalue weighted by Crippen LogP contribution is -2.48. The van der Waals surface area contributed by atoms with Crippen molar-refractivity contribution in [1.82, 2.24) is 10.6 Å². The van der Waals surface area contributed by atoms with Crippen molar-refractivity contribution in [2.45, 2.75) is 32.2 Å². The summed E-state index contributed by atoms with van der Waals surface area (Å²) in [7, 11) is 1.69. The topological polar surface area (TPSA) is 58.1 Å². The highest BCUT2D eigenvalue weighted by molar-refractivity contribution is 14.0. The Hall–Kier alpha value is -0.580. The summed E-state index contributed by atoms with van der Waals surface area (Å²) >= 11 is 1.82. The third kappa shape index (κ3) is 8.88. The first-order valence-electron chi connectivity index (χ1n) is 9.23. The van der Waals surface area contributed by atoms with E-state index in [0.717, 1.165) is 58.0 Å². The van der Waals surface area contributed by atoms with Crippen LogP contribution in [0.2, 0.25) is 0 Å². The number of aliphatic imine (C=N–C) groups is 1. The van der Waals surface area contributed by atoms with Crippen LogP contribution in [0.15, 0.2) is 22.5 Å². The van der Waals surface area contributed by atoms with Crippen LogP contribution in [0.1, 0.15) is 26.2 Å². The number of anilines is 1. The molecule has 1 fully saturated rings. The molecular formula is C18H33IN4O2S. The van der Waals surface area contributed by atoms with Crippen LogP contribution in [-0.2, 0) is 9.47 Å². The van der Waals surface area contributed by atoms with E-state index in [2.05, 4.69) is 45.0 Å². The largest absolute Gasteiger partial charge is 0.382 e. The summed E-state index contributed by atoms with van der Waals surface area (Å²) in [6, 6.07) is 4.82. The average molecular weight is 496 g/mol. The molecule has 2 rings (SSSR count). The first kappa shape index (κ1) is 23.5. The van der Waals surface area contributed by atoms with Gasteiger partial charge in [0, 0.05) is 45.9 Å². The van der Waals surface area contributed by atoms with Crippen LogP contribution in [-0.4, -0.2) is 65.1 Å². The van der Waals surface area contributed by atoms with Gasteiger partial charge in [-0.2, -0.15) is 0 Å². The first-order chi connectivity index (χ1) is 12.3. The number of hydrogen-bond acceptors (Lipinski definition) is 5. The van der Waals surface area contributed by atoms with Crippen molar-refractivity contribution in [1.29, 1.82) is 0 Å². The zero-order chi connectivity index (χ0) is 17.7. The van der Waals surface area contributed by atoms with Gasteiger partial charge in [-0.3, -0.25) is 4.99 Å². The Kier molecular flexibility index (Phi) is 13.1. The molecule has 0 aromatic carbocycles. The van der Waals surface area contributed by atoms with Gasteiger partial charge in [0.05, 0.1) is 18.2 Å². The highest BCUT2D eigenvalue weighted by atomic mass is 127. The van der Waals surface area contributed by atoms with E-state index >= 15 is 0 Å². The second kappa shape index (κ2) is 14.5. The van der Waals surface area contributed by atoms with Crippen LogP contribution < -0.4 is 15.5 Å². The van der Waals surface area contributed by atoms with Gasteiger partial charge in [-0.15, -0.1) is 35.3 Å². The molecule has 150 valence electrons. The Morgan fingerprint density at radius 1 is 1.31 bits per heavy atom. The van der Waals surface area contributed by atoms with Gasteiger partial charge in [-0.25, -0.2) is 0 Å². The van der Waals surface area contributed by atoms with E-state index in [1.807, 2.05) is 11.3 Å². The summed E-state index contributed by atoms with van der Waals surface area (Å²) in [4.78, 5) is 7.14. The van der Waals surface area contributed by atoms with Crippen molar-refractivity contribution in [3.05, 3.63) is 17.5 Å². The summed E-state index contributed by atoms with van der Waals surface area (Å²) in [5.41, 5.74) is 0. The smallest absolute Gasteiger partial charge is 0.191 e. The molecule has 1 aliphatic heterocycles. The SMILES string of the molecule is CCNC(=NCCCOCCOC)NC1CCN(c2cccs2)CC1.I. The number of rotatable bonds is 10. The second-order valence-electron chi connectivity index (χ2n) is 6.08. The molecule has 6 nitrogen and oxygen atoms in total. The lowest BCUT2D eigenvalue weighted by atomic mass is 10.1. The Morgan fingerprint density at radius 2 is 2.12 bits per heavy atom. The lowest BCUT2D eigenvalue weighted by Gasteiger charge is -2.33. The van der Waals surface area contributed by atoms with Crippen LogP contribution in [0.5, 0.6) is 0 Å².